The number of rotatable bonds is 2. The van der Waals surface area contributed by atoms with Crippen molar-refractivity contribution in [3.63, 3.8) is 0 Å². The Kier molecular flexibility index (Phi) is 4.61. The number of anilines is 1. The molecule has 1 heterocycles. The number of benzene rings is 1. The normalized spacial score (nSPS) is 15.6. The largest absolute Gasteiger partial charge is 0.478 e. The molecule has 0 bridgehead atoms. The number of aromatic carboxylic acids is 1. The molecule has 2 N–H and O–H groups in total. The molecule has 1 aliphatic heterocycles. The van der Waals surface area contributed by atoms with E-state index in [0.29, 0.717) is 5.69 Å². The minimum absolute atomic E-state index is 0.141. The molecule has 20 heavy (non-hydrogen) atoms. The molecule has 0 radical (unpaired) electrons. The Hall–Kier alpha value is -2.04. The molecular formula is C15H20N2O3. The highest BCUT2D eigenvalue weighted by Gasteiger charge is 2.16. The van der Waals surface area contributed by atoms with Crippen LogP contribution in [0.5, 0.6) is 0 Å². The van der Waals surface area contributed by atoms with Gasteiger partial charge >= 0.3 is 12.0 Å². The number of carbonyl (C=O) groups is 2. The molecule has 1 fully saturated rings. The lowest BCUT2D eigenvalue weighted by Crippen LogP contribution is -2.35. The van der Waals surface area contributed by atoms with Gasteiger partial charge in [-0.05, 0) is 37.5 Å². The Morgan fingerprint density at radius 2 is 1.80 bits per heavy atom. The van der Waals surface area contributed by atoms with Gasteiger partial charge in [-0.15, -0.1) is 0 Å². The van der Waals surface area contributed by atoms with Crippen molar-refractivity contribution < 1.29 is 14.7 Å². The molecule has 0 unspecified atom stereocenters. The highest BCUT2D eigenvalue weighted by molar-refractivity contribution is 5.94. The quantitative estimate of drug-likeness (QED) is 0.872. The summed E-state index contributed by atoms with van der Waals surface area (Å²) in [5.74, 6) is -0.990. The van der Waals surface area contributed by atoms with Crippen LogP contribution in [-0.4, -0.2) is 35.1 Å². The average Bonchev–Trinajstić information content (AvgIpc) is 2.70. The van der Waals surface area contributed by atoms with Crippen LogP contribution in [-0.2, 0) is 0 Å². The Morgan fingerprint density at radius 1 is 1.15 bits per heavy atom. The molecular weight excluding hydrogens is 256 g/mol. The van der Waals surface area contributed by atoms with Crippen LogP contribution in [0.4, 0.5) is 10.5 Å². The summed E-state index contributed by atoms with van der Waals surface area (Å²) in [7, 11) is 0. The van der Waals surface area contributed by atoms with Gasteiger partial charge in [-0.25, -0.2) is 9.59 Å². The number of hydrogen-bond donors (Lipinski definition) is 2. The van der Waals surface area contributed by atoms with Crippen molar-refractivity contribution in [2.45, 2.75) is 32.6 Å². The molecule has 1 saturated heterocycles. The zero-order chi connectivity index (χ0) is 14.5. The van der Waals surface area contributed by atoms with Gasteiger partial charge in [-0.3, -0.25) is 0 Å². The van der Waals surface area contributed by atoms with Gasteiger partial charge < -0.3 is 15.3 Å². The van der Waals surface area contributed by atoms with Crippen LogP contribution in [0.15, 0.2) is 18.2 Å². The van der Waals surface area contributed by atoms with Crippen LogP contribution >= 0.6 is 0 Å². The summed E-state index contributed by atoms with van der Waals surface area (Å²) in [6.45, 7) is 3.39. The summed E-state index contributed by atoms with van der Waals surface area (Å²) in [5.41, 5.74) is 1.61. The first-order valence-corrected chi connectivity index (χ1v) is 6.98. The van der Waals surface area contributed by atoms with Crippen molar-refractivity contribution in [1.82, 2.24) is 4.90 Å². The summed E-state index contributed by atoms with van der Waals surface area (Å²) < 4.78 is 0. The van der Waals surface area contributed by atoms with Crippen molar-refractivity contribution >= 4 is 17.7 Å². The van der Waals surface area contributed by atoms with E-state index in [1.807, 2.05) is 6.92 Å². The molecule has 0 spiro atoms. The smallest absolute Gasteiger partial charge is 0.335 e. The fourth-order valence-corrected chi connectivity index (χ4v) is 2.36. The molecule has 2 amide bonds. The molecule has 108 valence electrons. The minimum atomic E-state index is -0.990. The fraction of sp³-hybridized carbons (Fsp3) is 0.467. The summed E-state index contributed by atoms with van der Waals surface area (Å²) in [6.07, 6.45) is 4.39. The standard InChI is InChI=1S/C15H20N2O3/c1-11-6-7-12(14(18)19)10-13(11)16-15(20)17-8-4-2-3-5-9-17/h6-7,10H,2-5,8-9H2,1H3,(H,16,20)(H,18,19). The number of nitrogens with one attached hydrogen (secondary N) is 1. The van der Waals surface area contributed by atoms with Crippen molar-refractivity contribution in [3.05, 3.63) is 29.3 Å². The first-order valence-electron chi connectivity index (χ1n) is 6.98. The first kappa shape index (κ1) is 14.4. The maximum absolute atomic E-state index is 12.2. The van der Waals surface area contributed by atoms with Crippen LogP contribution in [0.1, 0.15) is 41.6 Å². The Balaban J connectivity index is 2.10. The van der Waals surface area contributed by atoms with Gasteiger partial charge in [0.1, 0.15) is 0 Å². The SMILES string of the molecule is Cc1ccc(C(=O)O)cc1NC(=O)N1CCCCCC1. The highest BCUT2D eigenvalue weighted by Crippen LogP contribution is 2.18. The fourth-order valence-electron chi connectivity index (χ4n) is 2.36. The van der Waals surface area contributed by atoms with E-state index >= 15 is 0 Å². The Bertz CT molecular complexity index is 506. The first-order chi connectivity index (χ1) is 9.58. The molecule has 2 rings (SSSR count). The van der Waals surface area contributed by atoms with E-state index in [2.05, 4.69) is 5.32 Å². The predicted octanol–water partition coefficient (Wildman–Crippen LogP) is 3.10. The average molecular weight is 276 g/mol. The lowest BCUT2D eigenvalue weighted by Gasteiger charge is -2.21. The van der Waals surface area contributed by atoms with Crippen molar-refractivity contribution in [3.8, 4) is 0 Å². The lowest BCUT2D eigenvalue weighted by molar-refractivity contribution is 0.0697. The van der Waals surface area contributed by atoms with Gasteiger partial charge in [0.15, 0.2) is 0 Å². The molecule has 5 heteroatoms. The van der Waals surface area contributed by atoms with Gasteiger partial charge in [-0.2, -0.15) is 0 Å². The monoisotopic (exact) mass is 276 g/mol. The summed E-state index contributed by atoms with van der Waals surface area (Å²) in [6, 6.07) is 4.62. The minimum Gasteiger partial charge on any atom is -0.478 e. The number of amides is 2. The number of carbonyl (C=O) groups excluding carboxylic acids is 1. The third-order valence-corrected chi connectivity index (χ3v) is 3.62. The topological polar surface area (TPSA) is 69.6 Å². The van der Waals surface area contributed by atoms with E-state index in [-0.39, 0.29) is 11.6 Å². The van der Waals surface area contributed by atoms with E-state index in [4.69, 9.17) is 5.11 Å². The molecule has 0 saturated carbocycles. The second-order valence-corrected chi connectivity index (χ2v) is 5.17. The van der Waals surface area contributed by atoms with E-state index in [1.165, 1.54) is 6.07 Å². The van der Waals surface area contributed by atoms with Gasteiger partial charge in [0.05, 0.1) is 5.56 Å². The van der Waals surface area contributed by atoms with Crippen molar-refractivity contribution in [2.24, 2.45) is 0 Å². The molecule has 5 nitrogen and oxygen atoms in total. The van der Waals surface area contributed by atoms with Gasteiger partial charge in [-0.1, -0.05) is 18.9 Å². The van der Waals surface area contributed by atoms with Crippen LogP contribution in [0.25, 0.3) is 0 Å². The third kappa shape index (κ3) is 3.50. The highest BCUT2D eigenvalue weighted by atomic mass is 16.4. The van der Waals surface area contributed by atoms with Crippen LogP contribution in [0.3, 0.4) is 0 Å². The lowest BCUT2D eigenvalue weighted by atomic mass is 10.1. The van der Waals surface area contributed by atoms with E-state index in [1.54, 1.807) is 17.0 Å². The Labute approximate surface area is 118 Å². The van der Waals surface area contributed by atoms with E-state index in [9.17, 15) is 9.59 Å². The molecule has 1 aliphatic rings. The number of nitrogens with zero attached hydrogens (tertiary/aromatic N) is 1. The predicted molar refractivity (Wildman–Crippen MR) is 77.2 cm³/mol. The number of urea groups is 1. The number of aryl methyl sites for hydroxylation is 1. The zero-order valence-electron chi connectivity index (χ0n) is 11.7. The van der Waals surface area contributed by atoms with Gasteiger partial charge in [0, 0.05) is 18.8 Å². The summed E-state index contributed by atoms with van der Waals surface area (Å²) in [5, 5.41) is 11.8. The van der Waals surface area contributed by atoms with Crippen LogP contribution in [0, 0.1) is 6.92 Å². The molecule has 0 atom stereocenters. The number of carboxylic acids is 1. The molecule has 1 aromatic rings. The summed E-state index contributed by atoms with van der Waals surface area (Å²) >= 11 is 0. The third-order valence-electron chi connectivity index (χ3n) is 3.62. The summed E-state index contributed by atoms with van der Waals surface area (Å²) in [4.78, 5) is 25.0. The number of likely N-dealkylation sites (tertiary alicyclic amines) is 1. The van der Waals surface area contributed by atoms with E-state index < -0.39 is 5.97 Å². The second-order valence-electron chi connectivity index (χ2n) is 5.17. The van der Waals surface area contributed by atoms with Crippen molar-refractivity contribution in [1.29, 1.82) is 0 Å². The number of hydrogen-bond acceptors (Lipinski definition) is 2. The van der Waals surface area contributed by atoms with Crippen LogP contribution in [0.2, 0.25) is 0 Å². The van der Waals surface area contributed by atoms with Crippen LogP contribution < -0.4 is 5.32 Å². The Morgan fingerprint density at radius 3 is 2.40 bits per heavy atom. The molecule has 0 aliphatic carbocycles. The maximum atomic E-state index is 12.2. The zero-order valence-corrected chi connectivity index (χ0v) is 11.7. The maximum Gasteiger partial charge on any atom is 0.335 e. The molecule has 1 aromatic carbocycles. The molecule has 0 aromatic heterocycles. The second kappa shape index (κ2) is 6.41. The van der Waals surface area contributed by atoms with Gasteiger partial charge in [0.25, 0.3) is 0 Å². The van der Waals surface area contributed by atoms with Crippen molar-refractivity contribution in [2.75, 3.05) is 18.4 Å². The number of carboxylic acid groups (broad SMARTS) is 1. The van der Waals surface area contributed by atoms with E-state index in [0.717, 1.165) is 44.3 Å². The van der Waals surface area contributed by atoms with Gasteiger partial charge in [0.2, 0.25) is 0 Å².